The van der Waals surface area contributed by atoms with Crippen LogP contribution in [0.25, 0.3) is 0 Å². The van der Waals surface area contributed by atoms with Crippen molar-refractivity contribution in [3.8, 4) is 0 Å². The van der Waals surface area contributed by atoms with E-state index < -0.39 is 11.6 Å². The first-order chi connectivity index (χ1) is 5.52. The number of nitrogen functional groups attached to an aromatic ring is 1. The molecule has 0 spiro atoms. The molecule has 2 N–H and O–H groups in total. The molecule has 0 fully saturated rings. The second-order valence-corrected chi connectivity index (χ2v) is 3.05. The lowest BCUT2D eigenvalue weighted by Gasteiger charge is -2.08. The summed E-state index contributed by atoms with van der Waals surface area (Å²) in [4.78, 5) is 0. The van der Waals surface area contributed by atoms with Crippen molar-refractivity contribution >= 4 is 5.69 Å². The maximum atomic E-state index is 13.0. The van der Waals surface area contributed by atoms with Gasteiger partial charge in [0.25, 0.3) is 0 Å². The molecule has 0 bridgehead atoms. The van der Waals surface area contributed by atoms with Crippen molar-refractivity contribution in [2.45, 2.75) is 19.8 Å². The first-order valence-corrected chi connectivity index (χ1v) is 3.76. The molecule has 3 heteroatoms. The summed E-state index contributed by atoms with van der Waals surface area (Å²) in [5.74, 6) is -1.30. The molecule has 1 rings (SSSR count). The minimum Gasteiger partial charge on any atom is -0.399 e. The van der Waals surface area contributed by atoms with Gasteiger partial charge in [-0.05, 0) is 18.1 Å². The second-order valence-electron chi connectivity index (χ2n) is 3.05. The molecule has 0 aliphatic carbocycles. The molecule has 0 saturated heterocycles. The van der Waals surface area contributed by atoms with Crippen molar-refractivity contribution in [1.82, 2.24) is 0 Å². The van der Waals surface area contributed by atoms with Gasteiger partial charge in [-0.1, -0.05) is 13.8 Å². The van der Waals surface area contributed by atoms with Crippen molar-refractivity contribution < 1.29 is 8.78 Å². The van der Waals surface area contributed by atoms with Gasteiger partial charge >= 0.3 is 0 Å². The number of halogens is 2. The number of rotatable bonds is 1. The SMILES string of the molecule is CC(C)c1c(F)cc(N)cc1F. The number of anilines is 1. The van der Waals surface area contributed by atoms with E-state index in [4.69, 9.17) is 5.73 Å². The van der Waals surface area contributed by atoms with Gasteiger partial charge in [0.15, 0.2) is 0 Å². The molecule has 1 aromatic carbocycles. The van der Waals surface area contributed by atoms with Crippen LogP contribution in [0.2, 0.25) is 0 Å². The van der Waals surface area contributed by atoms with E-state index in [2.05, 4.69) is 0 Å². The molecule has 0 aliphatic rings. The number of benzene rings is 1. The van der Waals surface area contributed by atoms with Crippen LogP contribution in [0.5, 0.6) is 0 Å². The van der Waals surface area contributed by atoms with Gasteiger partial charge in [0.2, 0.25) is 0 Å². The normalized spacial score (nSPS) is 10.8. The van der Waals surface area contributed by atoms with Gasteiger partial charge in [0, 0.05) is 11.3 Å². The Labute approximate surface area is 70.2 Å². The lowest BCUT2D eigenvalue weighted by molar-refractivity contribution is 0.543. The fraction of sp³-hybridized carbons (Fsp3) is 0.333. The molecule has 1 nitrogen and oxygen atoms in total. The smallest absolute Gasteiger partial charge is 0.131 e. The first-order valence-electron chi connectivity index (χ1n) is 3.76. The molecule has 0 heterocycles. The lowest BCUT2D eigenvalue weighted by atomic mass is 10.0. The first kappa shape index (κ1) is 8.97. The summed E-state index contributed by atoms with van der Waals surface area (Å²) in [6, 6.07) is 2.27. The number of hydrogen-bond acceptors (Lipinski definition) is 1. The topological polar surface area (TPSA) is 26.0 Å². The van der Waals surface area contributed by atoms with Crippen LogP contribution in [0.15, 0.2) is 12.1 Å². The quantitative estimate of drug-likeness (QED) is 0.646. The van der Waals surface area contributed by atoms with Gasteiger partial charge in [-0.25, -0.2) is 8.78 Å². The van der Waals surface area contributed by atoms with Crippen LogP contribution in [-0.4, -0.2) is 0 Å². The summed E-state index contributed by atoms with van der Waals surface area (Å²) in [5, 5.41) is 0. The van der Waals surface area contributed by atoms with Crippen LogP contribution in [-0.2, 0) is 0 Å². The molecule has 66 valence electrons. The van der Waals surface area contributed by atoms with E-state index in [9.17, 15) is 8.78 Å². The molecule has 0 saturated carbocycles. The Morgan fingerprint density at radius 1 is 1.17 bits per heavy atom. The Bertz CT molecular complexity index is 272. The summed E-state index contributed by atoms with van der Waals surface area (Å²) in [6.45, 7) is 3.47. The molecule has 1 aromatic rings. The average molecular weight is 171 g/mol. The number of nitrogens with two attached hydrogens (primary N) is 1. The lowest BCUT2D eigenvalue weighted by Crippen LogP contribution is -2.00. The third-order valence-corrected chi connectivity index (χ3v) is 1.68. The molecule has 0 unspecified atom stereocenters. The zero-order chi connectivity index (χ0) is 9.30. The molecule has 0 aromatic heterocycles. The summed E-state index contributed by atoms with van der Waals surface area (Å²) in [7, 11) is 0. The second kappa shape index (κ2) is 3.09. The summed E-state index contributed by atoms with van der Waals surface area (Å²) in [5.41, 5.74) is 5.47. The monoisotopic (exact) mass is 171 g/mol. The van der Waals surface area contributed by atoms with Crippen LogP contribution in [0, 0.1) is 11.6 Å². The van der Waals surface area contributed by atoms with Crippen LogP contribution in [0.1, 0.15) is 25.3 Å². The zero-order valence-corrected chi connectivity index (χ0v) is 7.07. The Hall–Kier alpha value is -1.12. The van der Waals surface area contributed by atoms with Crippen molar-refractivity contribution in [2.75, 3.05) is 5.73 Å². The van der Waals surface area contributed by atoms with Crippen LogP contribution < -0.4 is 5.73 Å². The molecule has 0 amide bonds. The van der Waals surface area contributed by atoms with Crippen LogP contribution in [0.4, 0.5) is 14.5 Å². The van der Waals surface area contributed by atoms with Gasteiger partial charge in [0.1, 0.15) is 11.6 Å². The Kier molecular flexibility index (Phi) is 2.31. The van der Waals surface area contributed by atoms with E-state index in [0.717, 1.165) is 12.1 Å². The van der Waals surface area contributed by atoms with E-state index in [1.807, 2.05) is 0 Å². The highest BCUT2D eigenvalue weighted by Gasteiger charge is 2.12. The standard InChI is InChI=1S/C9H11F2N/c1-5(2)9-7(10)3-6(12)4-8(9)11/h3-5H,12H2,1-2H3. The third-order valence-electron chi connectivity index (χ3n) is 1.68. The van der Waals surface area contributed by atoms with Gasteiger partial charge in [-0.2, -0.15) is 0 Å². The predicted octanol–water partition coefficient (Wildman–Crippen LogP) is 2.67. The Balaban J connectivity index is 3.28. The van der Waals surface area contributed by atoms with E-state index in [0.29, 0.717) is 0 Å². The Morgan fingerprint density at radius 2 is 1.58 bits per heavy atom. The molecule has 0 aliphatic heterocycles. The highest BCUT2D eigenvalue weighted by atomic mass is 19.1. The van der Waals surface area contributed by atoms with Crippen molar-refractivity contribution in [3.05, 3.63) is 29.3 Å². The maximum absolute atomic E-state index is 13.0. The molecular weight excluding hydrogens is 160 g/mol. The molecule has 0 atom stereocenters. The molecule has 0 radical (unpaired) electrons. The molecule has 12 heavy (non-hydrogen) atoms. The zero-order valence-electron chi connectivity index (χ0n) is 7.07. The predicted molar refractivity (Wildman–Crippen MR) is 44.9 cm³/mol. The van der Waals surface area contributed by atoms with Crippen LogP contribution in [0.3, 0.4) is 0 Å². The van der Waals surface area contributed by atoms with Crippen molar-refractivity contribution in [1.29, 1.82) is 0 Å². The van der Waals surface area contributed by atoms with Gasteiger partial charge in [0.05, 0.1) is 0 Å². The van der Waals surface area contributed by atoms with Crippen molar-refractivity contribution in [2.24, 2.45) is 0 Å². The van der Waals surface area contributed by atoms with E-state index in [-0.39, 0.29) is 17.2 Å². The minimum absolute atomic E-state index is 0.101. The average Bonchev–Trinajstić information content (AvgIpc) is 1.82. The van der Waals surface area contributed by atoms with Gasteiger partial charge in [-0.15, -0.1) is 0 Å². The largest absolute Gasteiger partial charge is 0.399 e. The van der Waals surface area contributed by atoms with E-state index >= 15 is 0 Å². The fourth-order valence-electron chi connectivity index (χ4n) is 1.16. The van der Waals surface area contributed by atoms with Gasteiger partial charge < -0.3 is 5.73 Å². The summed E-state index contributed by atoms with van der Waals surface area (Å²) >= 11 is 0. The van der Waals surface area contributed by atoms with E-state index in [1.54, 1.807) is 13.8 Å². The fourth-order valence-corrected chi connectivity index (χ4v) is 1.16. The highest BCUT2D eigenvalue weighted by molar-refractivity contribution is 5.42. The Morgan fingerprint density at radius 3 is 1.92 bits per heavy atom. The third kappa shape index (κ3) is 1.55. The highest BCUT2D eigenvalue weighted by Crippen LogP contribution is 2.23. The van der Waals surface area contributed by atoms with E-state index in [1.165, 1.54) is 0 Å². The van der Waals surface area contributed by atoms with Crippen molar-refractivity contribution in [3.63, 3.8) is 0 Å². The molecular formula is C9H11F2N. The van der Waals surface area contributed by atoms with Gasteiger partial charge in [-0.3, -0.25) is 0 Å². The minimum atomic E-state index is -0.567. The van der Waals surface area contributed by atoms with Crippen LogP contribution >= 0.6 is 0 Å². The maximum Gasteiger partial charge on any atom is 0.131 e. The summed E-state index contributed by atoms with van der Waals surface area (Å²) in [6.07, 6.45) is 0. The number of hydrogen-bond donors (Lipinski definition) is 1. The summed E-state index contributed by atoms with van der Waals surface area (Å²) < 4.78 is 26.1.